The van der Waals surface area contributed by atoms with E-state index in [2.05, 4.69) is 56.4 Å². The predicted molar refractivity (Wildman–Crippen MR) is 173 cm³/mol. The van der Waals surface area contributed by atoms with Crippen LogP contribution in [0.4, 0.5) is 11.5 Å². The minimum atomic E-state index is -0.103. The van der Waals surface area contributed by atoms with E-state index in [1.807, 2.05) is 32.3 Å². The topological polar surface area (TPSA) is 105 Å². The lowest BCUT2D eigenvalue weighted by Gasteiger charge is -2.31. The van der Waals surface area contributed by atoms with Crippen LogP contribution in [-0.4, -0.2) is 82.6 Å². The molecule has 0 spiro atoms. The molecular weight excluding hydrogens is 548 g/mol. The minimum Gasteiger partial charge on any atom is -0.462 e. The highest BCUT2D eigenvalue weighted by atomic mass is 32.1. The lowest BCUT2D eigenvalue weighted by atomic mass is 10.0. The number of hydrogen-bond donors (Lipinski definition) is 1. The van der Waals surface area contributed by atoms with Crippen LogP contribution in [0.5, 0.6) is 6.01 Å². The summed E-state index contributed by atoms with van der Waals surface area (Å²) >= 11 is 0. The van der Waals surface area contributed by atoms with Crippen molar-refractivity contribution in [1.29, 1.82) is 0 Å². The number of ether oxygens (including phenoxy) is 1. The number of anilines is 2. The van der Waals surface area contributed by atoms with Crippen molar-refractivity contribution < 1.29 is 9.53 Å². The van der Waals surface area contributed by atoms with Gasteiger partial charge in [-0.05, 0) is 52.8 Å². The third-order valence-electron chi connectivity index (χ3n) is 7.83. The van der Waals surface area contributed by atoms with Crippen molar-refractivity contribution in [2.24, 2.45) is 0 Å². The van der Waals surface area contributed by atoms with Gasteiger partial charge in [-0.1, -0.05) is 30.8 Å². The molecule has 0 aliphatic carbocycles. The van der Waals surface area contributed by atoms with E-state index < -0.39 is 0 Å². The van der Waals surface area contributed by atoms with Crippen molar-refractivity contribution in [3.63, 3.8) is 0 Å². The summed E-state index contributed by atoms with van der Waals surface area (Å²) in [5, 5.41) is 2.34. The number of hydrogen-bond acceptors (Lipinski definition) is 8. The van der Waals surface area contributed by atoms with Crippen LogP contribution in [0.2, 0.25) is 0 Å². The Morgan fingerprint density at radius 3 is 2.79 bits per heavy atom. The summed E-state index contributed by atoms with van der Waals surface area (Å²) in [6.07, 6.45) is 8.30. The highest BCUT2D eigenvalue weighted by Crippen LogP contribution is 2.31. The minimum absolute atomic E-state index is 0. The summed E-state index contributed by atoms with van der Waals surface area (Å²) in [7, 11) is 2.14. The average molecular weight is 591 g/mol. The predicted octanol–water partition coefficient (Wildman–Crippen LogP) is 4.08. The third kappa shape index (κ3) is 7.69. The first-order valence-corrected chi connectivity index (χ1v) is 14.2. The van der Waals surface area contributed by atoms with Crippen LogP contribution in [0.15, 0.2) is 49.3 Å². The molecule has 5 rings (SSSR count). The first-order chi connectivity index (χ1) is 19.9. The van der Waals surface area contributed by atoms with Crippen LogP contribution in [0.1, 0.15) is 37.9 Å². The van der Waals surface area contributed by atoms with Gasteiger partial charge in [0.1, 0.15) is 18.5 Å². The number of likely N-dealkylation sites (N-methyl/N-ethyl adjacent to an activating group) is 2. The normalized spacial score (nSPS) is 16.7. The molecule has 1 unspecified atom stereocenters. The monoisotopic (exact) mass is 590 g/mol. The Morgan fingerprint density at radius 1 is 1.31 bits per heavy atom. The second-order valence-corrected chi connectivity index (χ2v) is 10.5. The highest BCUT2D eigenvalue weighted by Gasteiger charge is 2.25. The molecule has 0 saturated carbocycles. The number of nitrogens with zero attached hydrogens (tertiary/aromatic N) is 7. The fourth-order valence-corrected chi connectivity index (χ4v) is 5.45. The molecule has 2 aromatic heterocycles. The first-order valence-electron chi connectivity index (χ1n) is 14.2. The number of fused-ring (bicyclic) bond motifs is 2. The van der Waals surface area contributed by atoms with Crippen LogP contribution in [0.25, 0.3) is 15.6 Å². The van der Waals surface area contributed by atoms with E-state index in [0.717, 1.165) is 48.3 Å². The SMILES string of the molecule is CN1CCC[C@H]1COc1nc(N)c2c(n1)CN(c1cncc3ccccc13)CC2.S.[C-]#[N+]CC(C)N(CC)C(=O)C=C. The van der Waals surface area contributed by atoms with E-state index >= 15 is 0 Å². The first kappa shape index (κ1) is 32.6. The number of nitrogens with two attached hydrogens (primary N) is 1. The van der Waals surface area contributed by atoms with Gasteiger partial charge in [-0.3, -0.25) is 9.78 Å². The molecule has 2 aliphatic heterocycles. The van der Waals surface area contributed by atoms with Crippen LogP contribution < -0.4 is 15.4 Å². The van der Waals surface area contributed by atoms with Crippen molar-refractivity contribution in [2.45, 2.75) is 51.7 Å². The summed E-state index contributed by atoms with van der Waals surface area (Å²) in [6, 6.07) is 9.14. The second-order valence-electron chi connectivity index (χ2n) is 10.5. The summed E-state index contributed by atoms with van der Waals surface area (Å²) in [4.78, 5) is 34.3. The number of likely N-dealkylation sites (tertiary alicyclic amines) is 1. The van der Waals surface area contributed by atoms with Crippen molar-refractivity contribution in [3.05, 3.63) is 72.0 Å². The number of nitrogen functional groups attached to an aromatic ring is 1. The number of pyridine rings is 1. The Bertz CT molecular complexity index is 1410. The number of rotatable bonds is 8. The molecule has 0 radical (unpaired) electrons. The number of amides is 1. The van der Waals surface area contributed by atoms with Gasteiger partial charge in [-0.25, -0.2) is 6.57 Å². The maximum Gasteiger partial charge on any atom is 0.318 e. The number of carbonyl (C=O) groups excluding carboxylic acids is 1. The Balaban J connectivity index is 0.000000320. The van der Waals surface area contributed by atoms with Gasteiger partial charge in [-0.2, -0.15) is 23.5 Å². The number of aromatic nitrogens is 3. The van der Waals surface area contributed by atoms with Crippen LogP contribution in [0, 0.1) is 6.57 Å². The Labute approximate surface area is 255 Å². The van der Waals surface area contributed by atoms with Crippen molar-refractivity contribution in [2.75, 3.05) is 50.5 Å². The molecule has 1 fully saturated rings. The zero-order chi connectivity index (χ0) is 29.4. The quantitative estimate of drug-likeness (QED) is 0.309. The molecule has 224 valence electrons. The maximum atomic E-state index is 11.2. The zero-order valence-electron chi connectivity index (χ0n) is 24.8. The fraction of sp³-hybridized carbons (Fsp3) is 0.452. The molecule has 4 heterocycles. The molecule has 1 amide bonds. The molecule has 2 atom stereocenters. The standard InChI is InChI=1S/C22H26N6O.C9H14N2O.H2S/c1-27-9-4-6-16(27)14-29-22-25-19-13-28(10-8-18(19)21(23)26-22)20-12-24-11-15-5-2-3-7-17(15)20;1-5-9(12)11(6-2)8(3)7-10-4;/h2-3,5,7,11-12,16H,4,6,8-10,13-14H2,1H3,(H2,23,25,26);5,8H,1,6-7H2,2-3H3;1H2/t16-;;/m0../s1. The highest BCUT2D eigenvalue weighted by molar-refractivity contribution is 7.59. The molecule has 0 bridgehead atoms. The third-order valence-corrected chi connectivity index (χ3v) is 7.83. The number of benzene rings is 1. The van der Waals surface area contributed by atoms with Gasteiger partial charge in [0.05, 0.1) is 24.1 Å². The molecule has 11 heteroatoms. The molecule has 1 saturated heterocycles. The van der Waals surface area contributed by atoms with Crippen molar-refractivity contribution >= 4 is 41.7 Å². The van der Waals surface area contributed by atoms with Gasteiger partial charge in [0, 0.05) is 41.7 Å². The van der Waals surface area contributed by atoms with Crippen molar-refractivity contribution in [1.82, 2.24) is 24.8 Å². The van der Waals surface area contributed by atoms with Gasteiger partial charge in [0.2, 0.25) is 12.5 Å². The van der Waals surface area contributed by atoms with Gasteiger partial charge < -0.3 is 30.0 Å². The van der Waals surface area contributed by atoms with Gasteiger partial charge in [-0.15, -0.1) is 0 Å². The Kier molecular flexibility index (Phi) is 11.9. The average Bonchev–Trinajstić information content (AvgIpc) is 3.40. The molecular formula is C31H42N8O2S. The summed E-state index contributed by atoms with van der Waals surface area (Å²) < 4.78 is 5.94. The van der Waals surface area contributed by atoms with Gasteiger partial charge in [0.15, 0.2) is 0 Å². The second kappa shape index (κ2) is 15.4. The summed E-state index contributed by atoms with van der Waals surface area (Å²) in [5.74, 6) is 0.439. The van der Waals surface area contributed by atoms with Gasteiger partial charge in [0.25, 0.3) is 0 Å². The van der Waals surface area contributed by atoms with Crippen molar-refractivity contribution in [3.8, 4) is 6.01 Å². The molecule has 42 heavy (non-hydrogen) atoms. The summed E-state index contributed by atoms with van der Waals surface area (Å²) in [5.41, 5.74) is 9.37. The molecule has 10 nitrogen and oxygen atoms in total. The lowest BCUT2D eigenvalue weighted by molar-refractivity contribution is -0.127. The smallest absolute Gasteiger partial charge is 0.318 e. The van der Waals surface area contributed by atoms with E-state index in [9.17, 15) is 4.79 Å². The fourth-order valence-electron chi connectivity index (χ4n) is 5.45. The van der Waals surface area contributed by atoms with E-state index in [1.54, 1.807) is 4.90 Å². The molecule has 2 N–H and O–H groups in total. The zero-order valence-corrected chi connectivity index (χ0v) is 25.8. The van der Waals surface area contributed by atoms with Crippen LogP contribution in [0.3, 0.4) is 0 Å². The Morgan fingerprint density at radius 2 is 2.10 bits per heavy atom. The van der Waals surface area contributed by atoms with E-state index in [4.69, 9.17) is 22.0 Å². The lowest BCUT2D eigenvalue weighted by Crippen LogP contribution is -2.38. The van der Waals surface area contributed by atoms with Gasteiger partial charge >= 0.3 is 6.01 Å². The number of carbonyl (C=O) groups is 1. The molecule has 2 aliphatic rings. The van der Waals surface area contributed by atoms with Crippen LogP contribution >= 0.6 is 13.5 Å². The van der Waals surface area contributed by atoms with E-state index in [1.165, 1.54) is 17.9 Å². The molecule has 3 aromatic rings. The summed E-state index contributed by atoms with van der Waals surface area (Å²) in [6.45, 7) is 18.1. The molecule has 1 aromatic carbocycles. The Hall–Kier alpha value is -3.88. The maximum absolute atomic E-state index is 11.2. The largest absolute Gasteiger partial charge is 0.462 e. The van der Waals surface area contributed by atoms with E-state index in [-0.39, 0.29) is 25.4 Å². The van der Waals surface area contributed by atoms with Crippen LogP contribution in [-0.2, 0) is 17.8 Å². The van der Waals surface area contributed by atoms with E-state index in [0.29, 0.717) is 44.1 Å².